The highest BCUT2D eigenvalue weighted by Gasteiger charge is 2.29. The van der Waals surface area contributed by atoms with Gasteiger partial charge in [0.25, 0.3) is 5.91 Å². The summed E-state index contributed by atoms with van der Waals surface area (Å²) in [5, 5.41) is 0. The van der Waals surface area contributed by atoms with Gasteiger partial charge >= 0.3 is 0 Å². The van der Waals surface area contributed by atoms with Crippen LogP contribution in [0.2, 0.25) is 0 Å². The lowest BCUT2D eigenvalue weighted by molar-refractivity contribution is 0.0511. The topological polar surface area (TPSA) is 20.3 Å². The summed E-state index contributed by atoms with van der Waals surface area (Å²) < 4.78 is 0. The van der Waals surface area contributed by atoms with Crippen LogP contribution in [0, 0.1) is 0 Å². The Hall–Kier alpha value is -2.09. The molecule has 1 aliphatic heterocycles. The highest BCUT2D eigenvalue weighted by molar-refractivity contribution is 5.95. The van der Waals surface area contributed by atoms with Crippen LogP contribution in [0.3, 0.4) is 0 Å². The van der Waals surface area contributed by atoms with Crippen LogP contribution >= 0.6 is 0 Å². The molecule has 0 bridgehead atoms. The number of amides is 1. The Balaban J connectivity index is 1.82. The van der Waals surface area contributed by atoms with Gasteiger partial charge in [-0.05, 0) is 56.4 Å². The van der Waals surface area contributed by atoms with Crippen molar-refractivity contribution in [1.29, 1.82) is 0 Å². The van der Waals surface area contributed by atoms with Crippen molar-refractivity contribution < 1.29 is 4.79 Å². The fourth-order valence-electron chi connectivity index (χ4n) is 3.41. The summed E-state index contributed by atoms with van der Waals surface area (Å²) in [7, 11) is 0. The van der Waals surface area contributed by atoms with Crippen LogP contribution in [-0.4, -0.2) is 22.9 Å². The highest BCUT2D eigenvalue weighted by Crippen LogP contribution is 2.26. The number of likely N-dealkylation sites (tertiary alicyclic amines) is 1. The van der Waals surface area contributed by atoms with Crippen LogP contribution in [0.5, 0.6) is 0 Å². The Bertz CT molecular complexity index is 623. The zero-order chi connectivity index (χ0) is 15.5. The van der Waals surface area contributed by atoms with Gasteiger partial charge in [-0.2, -0.15) is 0 Å². The molecule has 2 aromatic rings. The average molecular weight is 293 g/mol. The van der Waals surface area contributed by atoms with Gasteiger partial charge in [0.2, 0.25) is 0 Å². The maximum absolute atomic E-state index is 12.8. The first-order chi connectivity index (χ1) is 10.7. The molecule has 114 valence electrons. The lowest BCUT2D eigenvalue weighted by atomic mass is 9.96. The minimum absolute atomic E-state index is 0.166. The largest absolute Gasteiger partial charge is 0.333 e. The summed E-state index contributed by atoms with van der Waals surface area (Å²) in [4.78, 5) is 14.9. The summed E-state index contributed by atoms with van der Waals surface area (Å²) in [6, 6.07) is 18.9. The van der Waals surface area contributed by atoms with Crippen molar-refractivity contribution in [2.24, 2.45) is 0 Å². The summed E-state index contributed by atoms with van der Waals surface area (Å²) >= 11 is 0. The Labute approximate surface area is 132 Å². The third-order valence-electron chi connectivity index (χ3n) is 4.67. The molecule has 1 fully saturated rings. The molecule has 22 heavy (non-hydrogen) atoms. The number of piperidine rings is 1. The normalized spacial score (nSPS) is 21.6. The molecule has 1 saturated heterocycles. The number of hydrogen-bond acceptors (Lipinski definition) is 1. The standard InChI is InChI=1S/C20H23NO/c1-15-7-6-8-16(2)21(15)20(22)19-13-11-18(12-14-19)17-9-4-3-5-10-17/h3-5,9-16H,6-8H2,1-2H3/t15-,16+. The minimum atomic E-state index is 0.166. The van der Waals surface area contributed by atoms with Crippen LogP contribution in [0.1, 0.15) is 43.5 Å². The van der Waals surface area contributed by atoms with Gasteiger partial charge in [0.15, 0.2) is 0 Å². The molecule has 0 spiro atoms. The number of nitrogens with zero attached hydrogens (tertiary/aromatic N) is 1. The molecular formula is C20H23NO. The molecule has 1 aliphatic rings. The summed E-state index contributed by atoms with van der Waals surface area (Å²) in [5.41, 5.74) is 3.12. The fourth-order valence-corrected chi connectivity index (χ4v) is 3.41. The molecule has 2 heteroatoms. The number of carbonyl (C=O) groups is 1. The van der Waals surface area contributed by atoms with Gasteiger partial charge in [-0.15, -0.1) is 0 Å². The predicted molar refractivity (Wildman–Crippen MR) is 90.8 cm³/mol. The second-order valence-electron chi connectivity index (χ2n) is 6.28. The molecule has 1 amide bonds. The molecule has 0 aromatic heterocycles. The lowest BCUT2D eigenvalue weighted by Gasteiger charge is -2.39. The van der Waals surface area contributed by atoms with Crippen LogP contribution < -0.4 is 0 Å². The van der Waals surface area contributed by atoms with Crippen molar-refractivity contribution in [3.8, 4) is 11.1 Å². The van der Waals surface area contributed by atoms with Gasteiger partial charge in [0, 0.05) is 17.6 Å². The molecular weight excluding hydrogens is 270 g/mol. The second-order valence-corrected chi connectivity index (χ2v) is 6.28. The molecule has 0 radical (unpaired) electrons. The van der Waals surface area contributed by atoms with E-state index in [1.54, 1.807) is 0 Å². The molecule has 0 N–H and O–H groups in total. The van der Waals surface area contributed by atoms with Gasteiger partial charge in [-0.1, -0.05) is 42.5 Å². The van der Waals surface area contributed by atoms with Crippen molar-refractivity contribution >= 4 is 5.91 Å². The highest BCUT2D eigenvalue weighted by atomic mass is 16.2. The van der Waals surface area contributed by atoms with E-state index in [4.69, 9.17) is 0 Å². The number of rotatable bonds is 2. The summed E-state index contributed by atoms with van der Waals surface area (Å²) in [6.45, 7) is 4.32. The minimum Gasteiger partial charge on any atom is -0.333 e. The first-order valence-electron chi connectivity index (χ1n) is 8.15. The van der Waals surface area contributed by atoms with E-state index in [2.05, 4.69) is 30.9 Å². The van der Waals surface area contributed by atoms with E-state index >= 15 is 0 Å². The van der Waals surface area contributed by atoms with Crippen molar-refractivity contribution in [3.05, 3.63) is 60.2 Å². The molecule has 0 aliphatic carbocycles. The Morgan fingerprint density at radius 2 is 1.41 bits per heavy atom. The first-order valence-corrected chi connectivity index (χ1v) is 8.15. The maximum atomic E-state index is 12.8. The molecule has 3 rings (SSSR count). The average Bonchev–Trinajstić information content (AvgIpc) is 2.55. The quantitative estimate of drug-likeness (QED) is 0.782. The lowest BCUT2D eigenvalue weighted by Crippen LogP contribution is -2.47. The van der Waals surface area contributed by atoms with E-state index in [-0.39, 0.29) is 5.91 Å². The van der Waals surface area contributed by atoms with Crippen molar-refractivity contribution in [3.63, 3.8) is 0 Å². The van der Waals surface area contributed by atoms with Crippen LogP contribution in [-0.2, 0) is 0 Å². The Morgan fingerprint density at radius 3 is 2.00 bits per heavy atom. The van der Waals surface area contributed by atoms with Crippen molar-refractivity contribution in [2.45, 2.75) is 45.2 Å². The van der Waals surface area contributed by atoms with Crippen LogP contribution in [0.15, 0.2) is 54.6 Å². The summed E-state index contributed by atoms with van der Waals surface area (Å²) in [6.07, 6.45) is 3.44. The monoisotopic (exact) mass is 293 g/mol. The zero-order valence-corrected chi connectivity index (χ0v) is 13.3. The van der Waals surface area contributed by atoms with Gasteiger partial charge in [0.1, 0.15) is 0 Å². The Kier molecular flexibility index (Phi) is 4.28. The number of hydrogen-bond donors (Lipinski definition) is 0. The van der Waals surface area contributed by atoms with E-state index < -0.39 is 0 Å². The van der Waals surface area contributed by atoms with Crippen LogP contribution in [0.25, 0.3) is 11.1 Å². The molecule has 2 aromatic carbocycles. The van der Waals surface area contributed by atoms with Gasteiger partial charge in [0.05, 0.1) is 0 Å². The predicted octanol–water partition coefficient (Wildman–Crippen LogP) is 4.76. The molecule has 1 heterocycles. The van der Waals surface area contributed by atoms with E-state index in [0.717, 1.165) is 24.0 Å². The third kappa shape index (κ3) is 2.92. The van der Waals surface area contributed by atoms with Gasteiger partial charge in [-0.25, -0.2) is 0 Å². The number of benzene rings is 2. The molecule has 2 nitrogen and oxygen atoms in total. The number of carbonyl (C=O) groups excluding carboxylic acids is 1. The zero-order valence-electron chi connectivity index (χ0n) is 13.3. The van der Waals surface area contributed by atoms with Crippen molar-refractivity contribution in [1.82, 2.24) is 4.90 Å². The molecule has 0 saturated carbocycles. The SMILES string of the molecule is C[C@@H]1CCC[C@H](C)N1C(=O)c1ccc(-c2ccccc2)cc1. The van der Waals surface area contributed by atoms with E-state index in [9.17, 15) is 4.79 Å². The van der Waals surface area contributed by atoms with Crippen molar-refractivity contribution in [2.75, 3.05) is 0 Å². The maximum Gasteiger partial charge on any atom is 0.254 e. The van der Waals surface area contributed by atoms with Crippen LogP contribution in [0.4, 0.5) is 0 Å². The Morgan fingerprint density at radius 1 is 0.864 bits per heavy atom. The fraction of sp³-hybridized carbons (Fsp3) is 0.350. The van der Waals surface area contributed by atoms with E-state index in [1.165, 1.54) is 12.0 Å². The smallest absolute Gasteiger partial charge is 0.254 e. The molecule has 2 atom stereocenters. The van der Waals surface area contributed by atoms with E-state index in [0.29, 0.717) is 12.1 Å². The second kappa shape index (κ2) is 6.35. The van der Waals surface area contributed by atoms with Gasteiger partial charge in [-0.3, -0.25) is 4.79 Å². The van der Waals surface area contributed by atoms with Gasteiger partial charge < -0.3 is 4.90 Å². The third-order valence-corrected chi connectivity index (χ3v) is 4.67. The molecule has 0 unspecified atom stereocenters. The summed E-state index contributed by atoms with van der Waals surface area (Å²) in [5.74, 6) is 0.166. The first kappa shape index (κ1) is 14.8. The van der Waals surface area contributed by atoms with E-state index in [1.807, 2.05) is 42.5 Å².